The van der Waals surface area contributed by atoms with Crippen molar-refractivity contribution in [3.8, 4) is 0 Å². The molecule has 1 saturated heterocycles. The molecule has 17 heavy (non-hydrogen) atoms. The Hall–Kier alpha value is -0.965. The van der Waals surface area contributed by atoms with Gasteiger partial charge in [0, 0.05) is 5.94 Å². The predicted molar refractivity (Wildman–Crippen MR) is 63.7 cm³/mol. The molecule has 0 saturated carbocycles. The number of benzene rings is 1. The molecule has 0 radical (unpaired) electrons. The minimum Gasteiger partial charge on any atom is -0.448 e. The Morgan fingerprint density at radius 3 is 2.06 bits per heavy atom. The second-order valence-corrected chi connectivity index (χ2v) is 4.58. The van der Waals surface area contributed by atoms with Crippen LogP contribution in [0.2, 0.25) is 0 Å². The van der Waals surface area contributed by atoms with Gasteiger partial charge >= 0.3 is 6.98 Å². The molecule has 1 nitrogen and oxygen atoms in total. The lowest BCUT2D eigenvalue weighted by atomic mass is 9.73. The molecule has 1 aromatic rings. The summed E-state index contributed by atoms with van der Waals surface area (Å²) in [5.74, 6) is -1.38. The summed E-state index contributed by atoms with van der Waals surface area (Å²) >= 11 is 0. The third kappa shape index (κ3) is 3.03. The quantitative estimate of drug-likeness (QED) is 0.732. The van der Waals surface area contributed by atoms with Gasteiger partial charge in [0.05, 0.1) is 0 Å². The zero-order chi connectivity index (χ0) is 12.3. The van der Waals surface area contributed by atoms with E-state index in [4.69, 9.17) is 0 Å². The van der Waals surface area contributed by atoms with Crippen molar-refractivity contribution in [3.05, 3.63) is 35.9 Å². The van der Waals surface area contributed by atoms with E-state index in [1.54, 1.807) is 35.2 Å². The third-order valence-corrected chi connectivity index (χ3v) is 3.28. The smallest absolute Gasteiger partial charge is 0.448 e. The molecule has 1 aliphatic heterocycles. The van der Waals surface area contributed by atoms with Crippen LogP contribution >= 0.6 is 0 Å². The highest BCUT2D eigenvalue weighted by atomic mass is 19.4. The highest BCUT2D eigenvalue weighted by Gasteiger charge is 2.40. The van der Waals surface area contributed by atoms with Gasteiger partial charge in [0.25, 0.3) is 0 Å². The molecule has 2 rings (SSSR count). The van der Waals surface area contributed by atoms with Crippen molar-refractivity contribution >= 4 is 6.98 Å². The molecule has 0 aliphatic carbocycles. The Bertz CT molecular complexity index is 347. The van der Waals surface area contributed by atoms with Gasteiger partial charge in [-0.3, -0.25) is 0 Å². The maximum atomic E-state index is 13.2. The fourth-order valence-electron chi connectivity index (χ4n) is 2.51. The number of likely N-dealkylation sites (tertiary alicyclic amines) is 1. The standard InChI is InChI=1S/C12H16BF3N/c14-13(15,16)12(11-7-3-1-4-8-11)17-9-5-2-6-10-17/h1,3-4,7-8,12H,2,5-6,9-10H2/q-1. The van der Waals surface area contributed by atoms with Gasteiger partial charge in [-0.15, -0.1) is 0 Å². The first-order valence-corrected chi connectivity index (χ1v) is 6.08. The summed E-state index contributed by atoms with van der Waals surface area (Å²) in [6, 6.07) is 8.26. The molecular weight excluding hydrogens is 226 g/mol. The summed E-state index contributed by atoms with van der Waals surface area (Å²) in [5.41, 5.74) is 0.377. The van der Waals surface area contributed by atoms with E-state index in [2.05, 4.69) is 0 Å². The van der Waals surface area contributed by atoms with Crippen molar-refractivity contribution in [2.45, 2.75) is 25.2 Å². The summed E-state index contributed by atoms with van der Waals surface area (Å²) in [6.07, 6.45) is 2.79. The van der Waals surface area contributed by atoms with Gasteiger partial charge in [0.2, 0.25) is 0 Å². The fraction of sp³-hybridized carbons (Fsp3) is 0.500. The van der Waals surface area contributed by atoms with E-state index in [1.165, 1.54) is 0 Å². The summed E-state index contributed by atoms with van der Waals surface area (Å²) in [7, 11) is 0. The van der Waals surface area contributed by atoms with E-state index in [1.807, 2.05) is 0 Å². The second kappa shape index (κ2) is 5.13. The molecule has 1 atom stereocenters. The molecule has 5 heteroatoms. The predicted octanol–water partition coefficient (Wildman–Crippen LogP) is 3.60. The first-order valence-electron chi connectivity index (χ1n) is 6.08. The van der Waals surface area contributed by atoms with E-state index >= 15 is 0 Å². The van der Waals surface area contributed by atoms with Gasteiger partial charge < -0.3 is 17.8 Å². The SMILES string of the molecule is F[B-](F)(F)C(c1ccccc1)N1CCCCC1. The van der Waals surface area contributed by atoms with Crippen LogP contribution in [0.1, 0.15) is 30.8 Å². The monoisotopic (exact) mass is 242 g/mol. The molecule has 0 bridgehead atoms. The second-order valence-electron chi connectivity index (χ2n) is 4.58. The molecule has 1 unspecified atom stereocenters. The molecule has 0 spiro atoms. The Morgan fingerprint density at radius 1 is 0.941 bits per heavy atom. The van der Waals surface area contributed by atoms with Gasteiger partial charge in [0.15, 0.2) is 0 Å². The van der Waals surface area contributed by atoms with Gasteiger partial charge in [-0.2, -0.15) is 0 Å². The van der Waals surface area contributed by atoms with Gasteiger partial charge in [0.1, 0.15) is 0 Å². The minimum absolute atomic E-state index is 0.377. The molecule has 0 aromatic heterocycles. The van der Waals surface area contributed by atoms with Crippen LogP contribution in [0.15, 0.2) is 30.3 Å². The lowest BCUT2D eigenvalue weighted by Crippen LogP contribution is -2.44. The molecule has 0 amide bonds. The number of hydrogen-bond donors (Lipinski definition) is 0. The average molecular weight is 242 g/mol. The third-order valence-electron chi connectivity index (χ3n) is 3.28. The summed E-state index contributed by atoms with van der Waals surface area (Å²) in [4.78, 5) is 1.58. The van der Waals surface area contributed by atoms with Crippen LogP contribution in [0.25, 0.3) is 0 Å². The van der Waals surface area contributed by atoms with Crippen LogP contribution in [0.3, 0.4) is 0 Å². The molecule has 1 heterocycles. The van der Waals surface area contributed by atoms with Crippen LogP contribution < -0.4 is 0 Å². The molecule has 94 valence electrons. The number of halogens is 3. The summed E-state index contributed by atoms with van der Waals surface area (Å²) in [6.45, 7) is -3.75. The lowest BCUT2D eigenvalue weighted by molar-refractivity contribution is 0.176. The van der Waals surface area contributed by atoms with Crippen LogP contribution in [0.5, 0.6) is 0 Å². The number of hydrogen-bond acceptors (Lipinski definition) is 1. The summed E-state index contributed by atoms with van der Waals surface area (Å²) < 4.78 is 39.6. The van der Waals surface area contributed by atoms with E-state index in [9.17, 15) is 12.9 Å². The van der Waals surface area contributed by atoms with Crippen LogP contribution in [0, 0.1) is 0 Å². The van der Waals surface area contributed by atoms with Crippen molar-refractivity contribution in [1.82, 2.24) is 4.90 Å². The molecule has 1 aliphatic rings. The fourth-order valence-corrected chi connectivity index (χ4v) is 2.51. The maximum absolute atomic E-state index is 13.2. The number of rotatable bonds is 3. The summed E-state index contributed by atoms with van der Waals surface area (Å²) in [5, 5.41) is 0. The van der Waals surface area contributed by atoms with Crippen molar-refractivity contribution in [2.75, 3.05) is 13.1 Å². The molecule has 1 fully saturated rings. The highest BCUT2D eigenvalue weighted by Crippen LogP contribution is 2.35. The van der Waals surface area contributed by atoms with Gasteiger partial charge in [-0.25, -0.2) is 0 Å². The van der Waals surface area contributed by atoms with Crippen molar-refractivity contribution < 1.29 is 12.9 Å². The van der Waals surface area contributed by atoms with Crippen LogP contribution in [0.4, 0.5) is 12.9 Å². The molecule has 1 aromatic carbocycles. The Morgan fingerprint density at radius 2 is 1.53 bits per heavy atom. The zero-order valence-corrected chi connectivity index (χ0v) is 9.66. The largest absolute Gasteiger partial charge is 0.499 e. The number of piperidine rings is 1. The van der Waals surface area contributed by atoms with Crippen molar-refractivity contribution in [3.63, 3.8) is 0 Å². The Kier molecular flexibility index (Phi) is 3.77. The van der Waals surface area contributed by atoms with E-state index in [0.29, 0.717) is 18.7 Å². The number of nitrogens with zero attached hydrogens (tertiary/aromatic N) is 1. The van der Waals surface area contributed by atoms with Crippen LogP contribution in [-0.4, -0.2) is 25.0 Å². The normalized spacial score (nSPS) is 20.2. The van der Waals surface area contributed by atoms with Crippen molar-refractivity contribution in [2.24, 2.45) is 0 Å². The van der Waals surface area contributed by atoms with E-state index in [0.717, 1.165) is 19.3 Å². The topological polar surface area (TPSA) is 3.24 Å². The first kappa shape index (κ1) is 12.5. The van der Waals surface area contributed by atoms with E-state index < -0.39 is 12.9 Å². The van der Waals surface area contributed by atoms with E-state index in [-0.39, 0.29) is 0 Å². The minimum atomic E-state index is -4.87. The van der Waals surface area contributed by atoms with Crippen LogP contribution in [-0.2, 0) is 0 Å². The Balaban J connectivity index is 2.25. The Labute approximate surface area is 99.7 Å². The zero-order valence-electron chi connectivity index (χ0n) is 9.66. The van der Waals surface area contributed by atoms with Crippen molar-refractivity contribution in [1.29, 1.82) is 0 Å². The average Bonchev–Trinajstić information content (AvgIpc) is 2.30. The van der Waals surface area contributed by atoms with Gasteiger partial charge in [-0.05, 0) is 25.9 Å². The first-order chi connectivity index (χ1) is 8.09. The lowest BCUT2D eigenvalue weighted by Gasteiger charge is -2.40. The molecular formula is C12H16BF3N-. The maximum Gasteiger partial charge on any atom is 0.499 e. The van der Waals surface area contributed by atoms with Gasteiger partial charge in [-0.1, -0.05) is 42.3 Å². The molecule has 0 N–H and O–H groups in total. The highest BCUT2D eigenvalue weighted by molar-refractivity contribution is 6.60.